The summed E-state index contributed by atoms with van der Waals surface area (Å²) < 4.78 is 40.2. The first kappa shape index (κ1) is 18.5. The molecule has 0 spiro atoms. The number of aryl methyl sites for hydroxylation is 1. The molecule has 0 radical (unpaired) electrons. The summed E-state index contributed by atoms with van der Waals surface area (Å²) in [5, 5.41) is 6.29. The zero-order valence-corrected chi connectivity index (χ0v) is 14.9. The number of nitrogens with one attached hydrogen (secondary N) is 1. The van der Waals surface area contributed by atoms with Crippen molar-refractivity contribution >= 4 is 11.6 Å². The third-order valence-electron chi connectivity index (χ3n) is 4.90. The van der Waals surface area contributed by atoms with Crippen LogP contribution in [0.5, 0.6) is 0 Å². The average Bonchev–Trinajstić information content (AvgIpc) is 3.10. The molecular formula is C18H23F3N4O. The SMILES string of the molecule is Cc1cc(C(=O)Nc2cnn(CC(F)(F)F)c2)c(C)n1C1CCCCC1. The van der Waals surface area contributed by atoms with Crippen molar-refractivity contribution in [2.75, 3.05) is 5.32 Å². The molecular weight excluding hydrogens is 345 g/mol. The van der Waals surface area contributed by atoms with Crippen LogP contribution in [-0.4, -0.2) is 26.4 Å². The van der Waals surface area contributed by atoms with Crippen LogP contribution < -0.4 is 5.32 Å². The fraction of sp³-hybridized carbons (Fsp3) is 0.556. The van der Waals surface area contributed by atoms with Gasteiger partial charge in [0.15, 0.2) is 0 Å². The van der Waals surface area contributed by atoms with Crippen LogP contribution in [0, 0.1) is 13.8 Å². The fourth-order valence-electron chi connectivity index (χ4n) is 3.80. The molecule has 2 heterocycles. The molecule has 0 aromatic carbocycles. The highest BCUT2D eigenvalue weighted by atomic mass is 19.4. The van der Waals surface area contributed by atoms with Gasteiger partial charge in [0.1, 0.15) is 6.54 Å². The molecule has 0 unspecified atom stereocenters. The Kier molecular flexibility index (Phi) is 5.11. The molecule has 5 nitrogen and oxygen atoms in total. The van der Waals surface area contributed by atoms with Gasteiger partial charge in [0, 0.05) is 23.6 Å². The Morgan fingerprint density at radius 1 is 1.27 bits per heavy atom. The summed E-state index contributed by atoms with van der Waals surface area (Å²) in [6, 6.07) is 2.26. The summed E-state index contributed by atoms with van der Waals surface area (Å²) in [6.07, 6.45) is 3.94. The quantitative estimate of drug-likeness (QED) is 0.856. The molecule has 1 amide bonds. The third-order valence-corrected chi connectivity index (χ3v) is 4.90. The number of amides is 1. The monoisotopic (exact) mass is 368 g/mol. The Bertz CT molecular complexity index is 785. The lowest BCUT2D eigenvalue weighted by molar-refractivity contribution is -0.142. The van der Waals surface area contributed by atoms with E-state index in [-0.39, 0.29) is 11.6 Å². The van der Waals surface area contributed by atoms with Crippen molar-refractivity contribution < 1.29 is 18.0 Å². The first-order valence-corrected chi connectivity index (χ1v) is 8.83. The molecule has 1 N–H and O–H groups in total. The summed E-state index contributed by atoms with van der Waals surface area (Å²) in [6.45, 7) is 2.72. The van der Waals surface area contributed by atoms with Crippen LogP contribution in [0.2, 0.25) is 0 Å². The van der Waals surface area contributed by atoms with Crippen LogP contribution in [0.15, 0.2) is 18.5 Å². The predicted molar refractivity (Wildman–Crippen MR) is 92.3 cm³/mol. The fourth-order valence-corrected chi connectivity index (χ4v) is 3.80. The molecule has 0 atom stereocenters. The van der Waals surface area contributed by atoms with Crippen LogP contribution >= 0.6 is 0 Å². The lowest BCUT2D eigenvalue weighted by atomic mass is 9.95. The molecule has 1 aliphatic rings. The van der Waals surface area contributed by atoms with Crippen LogP contribution in [0.25, 0.3) is 0 Å². The topological polar surface area (TPSA) is 51.9 Å². The standard InChI is InChI=1S/C18H23F3N4O/c1-12-8-16(13(2)25(12)15-6-4-3-5-7-15)17(26)23-14-9-22-24(10-14)11-18(19,20)21/h8-10,15H,3-7,11H2,1-2H3,(H,23,26). The minimum atomic E-state index is -4.35. The van der Waals surface area contributed by atoms with E-state index in [1.165, 1.54) is 31.7 Å². The summed E-state index contributed by atoms with van der Waals surface area (Å²) in [5.41, 5.74) is 2.74. The third kappa shape index (κ3) is 4.11. The van der Waals surface area contributed by atoms with Crippen LogP contribution in [0.1, 0.15) is 59.9 Å². The van der Waals surface area contributed by atoms with Crippen molar-refractivity contribution in [2.45, 2.75) is 64.7 Å². The van der Waals surface area contributed by atoms with Gasteiger partial charge in [-0.15, -0.1) is 0 Å². The van der Waals surface area contributed by atoms with Crippen LogP contribution in [0.4, 0.5) is 18.9 Å². The van der Waals surface area contributed by atoms with E-state index in [9.17, 15) is 18.0 Å². The average molecular weight is 368 g/mol. The number of rotatable bonds is 4. The summed E-state index contributed by atoms with van der Waals surface area (Å²) in [4.78, 5) is 12.6. The van der Waals surface area contributed by atoms with E-state index in [0.717, 1.165) is 28.9 Å². The number of alkyl halides is 3. The number of carbonyl (C=O) groups excluding carboxylic acids is 1. The zero-order chi connectivity index (χ0) is 18.9. The van der Waals surface area contributed by atoms with Gasteiger partial charge in [0.25, 0.3) is 5.91 Å². The highest BCUT2D eigenvalue weighted by Crippen LogP contribution is 2.32. The number of nitrogens with zero attached hydrogens (tertiary/aromatic N) is 3. The van der Waals surface area contributed by atoms with Gasteiger partial charge in [-0.3, -0.25) is 9.48 Å². The van der Waals surface area contributed by atoms with Crippen LogP contribution in [0.3, 0.4) is 0 Å². The second kappa shape index (κ2) is 7.17. The van der Waals surface area contributed by atoms with Crippen molar-refractivity contribution in [1.82, 2.24) is 14.3 Å². The highest BCUT2D eigenvalue weighted by Gasteiger charge is 2.28. The Labute approximate surface area is 150 Å². The van der Waals surface area contributed by atoms with Gasteiger partial charge in [-0.25, -0.2) is 0 Å². The van der Waals surface area contributed by atoms with Crippen molar-refractivity contribution in [3.63, 3.8) is 0 Å². The predicted octanol–water partition coefficient (Wildman–Crippen LogP) is 4.62. The van der Waals surface area contributed by atoms with E-state index in [4.69, 9.17) is 0 Å². The molecule has 0 aliphatic heterocycles. The molecule has 0 saturated heterocycles. The summed E-state index contributed by atoms with van der Waals surface area (Å²) in [7, 11) is 0. The van der Waals surface area contributed by atoms with E-state index < -0.39 is 12.7 Å². The number of aromatic nitrogens is 3. The highest BCUT2D eigenvalue weighted by molar-refractivity contribution is 6.05. The zero-order valence-electron chi connectivity index (χ0n) is 14.9. The number of hydrogen-bond donors (Lipinski definition) is 1. The first-order chi connectivity index (χ1) is 12.2. The van der Waals surface area contributed by atoms with E-state index in [0.29, 0.717) is 11.6 Å². The van der Waals surface area contributed by atoms with Gasteiger partial charge in [0.2, 0.25) is 0 Å². The smallest absolute Gasteiger partial charge is 0.345 e. The molecule has 142 valence electrons. The molecule has 3 rings (SSSR count). The number of anilines is 1. The molecule has 2 aromatic rings. The number of hydrogen-bond acceptors (Lipinski definition) is 2. The molecule has 26 heavy (non-hydrogen) atoms. The molecule has 2 aromatic heterocycles. The Morgan fingerprint density at radius 2 is 1.96 bits per heavy atom. The maximum Gasteiger partial charge on any atom is 0.408 e. The lowest BCUT2D eigenvalue weighted by Crippen LogP contribution is -2.18. The van der Waals surface area contributed by atoms with Crippen LogP contribution in [-0.2, 0) is 6.54 Å². The number of carbonyl (C=O) groups is 1. The van der Waals surface area contributed by atoms with E-state index >= 15 is 0 Å². The maximum atomic E-state index is 12.6. The van der Waals surface area contributed by atoms with Crippen molar-refractivity contribution in [3.05, 3.63) is 35.4 Å². The summed E-state index contributed by atoms with van der Waals surface area (Å²) in [5.74, 6) is -0.327. The van der Waals surface area contributed by atoms with Crippen molar-refractivity contribution in [2.24, 2.45) is 0 Å². The van der Waals surface area contributed by atoms with Crippen molar-refractivity contribution in [3.8, 4) is 0 Å². The van der Waals surface area contributed by atoms with E-state index in [1.807, 2.05) is 19.9 Å². The Balaban J connectivity index is 1.74. The van der Waals surface area contributed by atoms with E-state index in [2.05, 4.69) is 15.0 Å². The van der Waals surface area contributed by atoms with Gasteiger partial charge in [-0.05, 0) is 32.8 Å². The minimum absolute atomic E-state index is 0.252. The lowest BCUT2D eigenvalue weighted by Gasteiger charge is -2.26. The summed E-state index contributed by atoms with van der Waals surface area (Å²) >= 11 is 0. The molecule has 0 bridgehead atoms. The Hall–Kier alpha value is -2.25. The largest absolute Gasteiger partial charge is 0.408 e. The second-order valence-electron chi connectivity index (χ2n) is 6.94. The van der Waals surface area contributed by atoms with Gasteiger partial charge < -0.3 is 9.88 Å². The number of halogens is 3. The first-order valence-electron chi connectivity index (χ1n) is 8.83. The minimum Gasteiger partial charge on any atom is -0.345 e. The molecule has 8 heteroatoms. The van der Waals surface area contributed by atoms with Crippen molar-refractivity contribution in [1.29, 1.82) is 0 Å². The normalized spacial score (nSPS) is 16.0. The Morgan fingerprint density at radius 3 is 2.62 bits per heavy atom. The molecule has 1 fully saturated rings. The van der Waals surface area contributed by atoms with Gasteiger partial charge in [-0.2, -0.15) is 18.3 Å². The molecule has 1 saturated carbocycles. The van der Waals surface area contributed by atoms with Gasteiger partial charge in [-0.1, -0.05) is 19.3 Å². The molecule has 1 aliphatic carbocycles. The van der Waals surface area contributed by atoms with Gasteiger partial charge >= 0.3 is 6.18 Å². The van der Waals surface area contributed by atoms with Gasteiger partial charge in [0.05, 0.1) is 17.4 Å². The maximum absolute atomic E-state index is 12.6. The van der Waals surface area contributed by atoms with E-state index in [1.54, 1.807) is 0 Å². The second-order valence-corrected chi connectivity index (χ2v) is 6.94.